The highest BCUT2D eigenvalue weighted by atomic mass is 16.6. The number of esters is 1. The molecule has 0 saturated carbocycles. The normalized spacial score (nSPS) is 13.1. The lowest BCUT2D eigenvalue weighted by atomic mass is 10.0. The number of carbonyl (C=O) groups is 2. The molecule has 0 unspecified atom stereocenters. The predicted molar refractivity (Wildman–Crippen MR) is 120 cm³/mol. The van der Waals surface area contributed by atoms with E-state index in [1.54, 1.807) is 0 Å². The molecule has 0 aliphatic rings. The van der Waals surface area contributed by atoms with Crippen molar-refractivity contribution in [2.75, 3.05) is 0 Å². The number of unbranched alkanes of at least 4 members (excludes halogenated alkanes) is 14. The molecule has 0 fully saturated rings. The van der Waals surface area contributed by atoms with E-state index in [2.05, 4.69) is 12.2 Å². The van der Waals surface area contributed by atoms with Crippen LogP contribution in [0.15, 0.2) is 0 Å². The van der Waals surface area contributed by atoms with Crippen LogP contribution >= 0.6 is 0 Å². The summed E-state index contributed by atoms with van der Waals surface area (Å²) in [5.74, 6) is -0.797. The van der Waals surface area contributed by atoms with Crippen LogP contribution in [-0.2, 0) is 14.3 Å². The number of hydrogen-bond acceptors (Lipinski definition) is 4. The van der Waals surface area contributed by atoms with Gasteiger partial charge in [0.05, 0.1) is 0 Å². The van der Waals surface area contributed by atoms with Gasteiger partial charge in [0.15, 0.2) is 6.23 Å². The summed E-state index contributed by atoms with van der Waals surface area (Å²) in [5, 5.41) is 11.9. The van der Waals surface area contributed by atoms with Gasteiger partial charge in [0.1, 0.15) is 6.10 Å². The number of nitrogens with one attached hydrogen (secondary N) is 1. The number of aliphatic hydroxyl groups is 1. The molecule has 0 saturated heterocycles. The topological polar surface area (TPSA) is 75.6 Å². The van der Waals surface area contributed by atoms with Crippen LogP contribution in [0.4, 0.5) is 0 Å². The summed E-state index contributed by atoms with van der Waals surface area (Å²) in [4.78, 5) is 23.3. The molecular weight excluding hydrogens is 366 g/mol. The van der Waals surface area contributed by atoms with E-state index in [1.807, 2.05) is 6.92 Å². The molecule has 5 nitrogen and oxygen atoms in total. The van der Waals surface area contributed by atoms with E-state index in [0.29, 0.717) is 12.8 Å². The Bertz CT molecular complexity index is 398. The van der Waals surface area contributed by atoms with Crippen molar-refractivity contribution in [3.05, 3.63) is 0 Å². The number of carbonyl (C=O) groups excluding carboxylic acids is 2. The fourth-order valence-electron chi connectivity index (χ4n) is 3.36. The standard InChI is InChI=1S/C24H47NO4/c1-4-6-7-8-9-10-11-12-13-14-15-16-17-18-19-20-22(27)25-23(5-2)29-24(28)21(3)26/h21,23,26H,4-20H2,1-3H3,(H,25,27)/t21-,23-/m0/s1. The smallest absolute Gasteiger partial charge is 0.336 e. The van der Waals surface area contributed by atoms with Gasteiger partial charge >= 0.3 is 5.97 Å². The monoisotopic (exact) mass is 413 g/mol. The van der Waals surface area contributed by atoms with Gasteiger partial charge in [-0.1, -0.05) is 104 Å². The molecule has 0 aromatic rings. The van der Waals surface area contributed by atoms with Gasteiger partial charge in [0.25, 0.3) is 0 Å². The van der Waals surface area contributed by atoms with Crippen molar-refractivity contribution in [2.24, 2.45) is 0 Å². The molecule has 0 aliphatic heterocycles. The number of aliphatic hydroxyl groups excluding tert-OH is 1. The van der Waals surface area contributed by atoms with Crippen LogP contribution in [-0.4, -0.2) is 29.3 Å². The number of hydrogen-bond donors (Lipinski definition) is 2. The Hall–Kier alpha value is -1.10. The van der Waals surface area contributed by atoms with Crippen molar-refractivity contribution in [1.29, 1.82) is 0 Å². The molecule has 5 heteroatoms. The maximum Gasteiger partial charge on any atom is 0.336 e. The van der Waals surface area contributed by atoms with Crippen LogP contribution in [0.3, 0.4) is 0 Å². The summed E-state index contributed by atoms with van der Waals surface area (Å²) in [6, 6.07) is 0. The second-order valence-corrected chi connectivity index (χ2v) is 8.28. The first-order valence-corrected chi connectivity index (χ1v) is 12.2. The van der Waals surface area contributed by atoms with Crippen molar-refractivity contribution in [2.45, 2.75) is 142 Å². The summed E-state index contributed by atoms with van der Waals surface area (Å²) in [6.45, 7) is 5.45. The summed E-state index contributed by atoms with van der Waals surface area (Å²) < 4.78 is 5.04. The molecule has 2 N–H and O–H groups in total. The first-order valence-electron chi connectivity index (χ1n) is 12.2. The second kappa shape index (κ2) is 20.2. The van der Waals surface area contributed by atoms with Crippen molar-refractivity contribution in [3.8, 4) is 0 Å². The average Bonchev–Trinajstić information content (AvgIpc) is 2.70. The number of amides is 1. The lowest BCUT2D eigenvalue weighted by molar-refractivity contribution is -0.161. The minimum absolute atomic E-state index is 0.0927. The molecule has 0 heterocycles. The Morgan fingerprint density at radius 1 is 0.759 bits per heavy atom. The third-order valence-corrected chi connectivity index (χ3v) is 5.30. The fraction of sp³-hybridized carbons (Fsp3) is 0.917. The van der Waals surface area contributed by atoms with Gasteiger partial charge < -0.3 is 15.2 Å². The van der Waals surface area contributed by atoms with Crippen LogP contribution in [0, 0.1) is 0 Å². The van der Waals surface area contributed by atoms with Gasteiger partial charge in [-0.3, -0.25) is 4.79 Å². The largest absolute Gasteiger partial charge is 0.440 e. The lowest BCUT2D eigenvalue weighted by Crippen LogP contribution is -2.39. The molecule has 0 spiro atoms. The van der Waals surface area contributed by atoms with Gasteiger partial charge in [-0.15, -0.1) is 0 Å². The summed E-state index contributed by atoms with van der Waals surface area (Å²) in [7, 11) is 0. The highest BCUT2D eigenvalue weighted by Crippen LogP contribution is 2.13. The Morgan fingerprint density at radius 2 is 1.17 bits per heavy atom. The minimum atomic E-state index is -1.17. The SMILES string of the molecule is CCCCCCCCCCCCCCCCCC(=O)N[C@H](CC)OC(=O)[C@H](C)O. The quantitative estimate of drug-likeness (QED) is 0.145. The molecule has 29 heavy (non-hydrogen) atoms. The zero-order valence-corrected chi connectivity index (χ0v) is 19.3. The third-order valence-electron chi connectivity index (χ3n) is 5.30. The highest BCUT2D eigenvalue weighted by molar-refractivity contribution is 5.77. The van der Waals surface area contributed by atoms with Crippen LogP contribution < -0.4 is 5.32 Å². The summed E-state index contributed by atoms with van der Waals surface area (Å²) in [5.41, 5.74) is 0. The van der Waals surface area contributed by atoms with Gasteiger partial charge in [-0.25, -0.2) is 4.79 Å². The Kier molecular flexibility index (Phi) is 19.4. The van der Waals surface area contributed by atoms with Crippen molar-refractivity contribution < 1.29 is 19.4 Å². The Balaban J connectivity index is 3.43. The second-order valence-electron chi connectivity index (χ2n) is 8.28. The van der Waals surface area contributed by atoms with Crippen molar-refractivity contribution in [3.63, 3.8) is 0 Å². The van der Waals surface area contributed by atoms with E-state index < -0.39 is 18.3 Å². The van der Waals surface area contributed by atoms with Crippen LogP contribution in [0.1, 0.15) is 130 Å². The molecule has 0 bridgehead atoms. The van der Waals surface area contributed by atoms with Gasteiger partial charge in [0.2, 0.25) is 5.91 Å². The van der Waals surface area contributed by atoms with Crippen LogP contribution in [0.25, 0.3) is 0 Å². The molecule has 1 amide bonds. The van der Waals surface area contributed by atoms with E-state index in [4.69, 9.17) is 9.84 Å². The van der Waals surface area contributed by atoms with E-state index in [9.17, 15) is 9.59 Å². The van der Waals surface area contributed by atoms with Crippen molar-refractivity contribution >= 4 is 11.9 Å². The molecule has 0 aromatic heterocycles. The van der Waals surface area contributed by atoms with E-state index in [0.717, 1.165) is 12.8 Å². The van der Waals surface area contributed by atoms with E-state index in [-0.39, 0.29) is 5.91 Å². The Labute approximate surface area is 179 Å². The van der Waals surface area contributed by atoms with Crippen LogP contribution in [0.5, 0.6) is 0 Å². The molecule has 2 atom stereocenters. The molecule has 0 aliphatic carbocycles. The van der Waals surface area contributed by atoms with Crippen LogP contribution in [0.2, 0.25) is 0 Å². The average molecular weight is 414 g/mol. The number of rotatable bonds is 20. The minimum Gasteiger partial charge on any atom is -0.440 e. The highest BCUT2D eigenvalue weighted by Gasteiger charge is 2.18. The molecule has 0 aromatic carbocycles. The first-order chi connectivity index (χ1) is 14.0. The maximum atomic E-state index is 11.9. The molecule has 172 valence electrons. The van der Waals surface area contributed by atoms with Gasteiger partial charge in [0, 0.05) is 12.8 Å². The Morgan fingerprint density at radius 3 is 1.55 bits per heavy atom. The number of ether oxygens (including phenoxy) is 1. The van der Waals surface area contributed by atoms with Gasteiger partial charge in [-0.2, -0.15) is 0 Å². The summed E-state index contributed by atoms with van der Waals surface area (Å²) in [6.07, 6.45) is 18.6. The first kappa shape index (κ1) is 27.9. The third kappa shape index (κ3) is 18.7. The zero-order valence-electron chi connectivity index (χ0n) is 19.3. The zero-order chi connectivity index (χ0) is 21.7. The van der Waals surface area contributed by atoms with Crippen molar-refractivity contribution in [1.82, 2.24) is 5.32 Å². The summed E-state index contributed by atoms with van der Waals surface area (Å²) >= 11 is 0. The predicted octanol–water partition coefficient (Wildman–Crippen LogP) is 6.02. The fourth-order valence-corrected chi connectivity index (χ4v) is 3.36. The maximum absolute atomic E-state index is 11.9. The molecule has 0 radical (unpaired) electrons. The lowest BCUT2D eigenvalue weighted by Gasteiger charge is -2.18. The van der Waals surface area contributed by atoms with Gasteiger partial charge in [-0.05, 0) is 13.3 Å². The van der Waals surface area contributed by atoms with E-state index in [1.165, 1.54) is 90.4 Å². The molecule has 0 rings (SSSR count). The van der Waals surface area contributed by atoms with E-state index >= 15 is 0 Å². The molecular formula is C24H47NO4.